The van der Waals surface area contributed by atoms with Gasteiger partial charge in [-0.1, -0.05) is 30.3 Å². The zero-order valence-electron chi connectivity index (χ0n) is 18.9. The van der Waals surface area contributed by atoms with Gasteiger partial charge in [-0.15, -0.1) is 0 Å². The summed E-state index contributed by atoms with van der Waals surface area (Å²) in [4.78, 5) is 24.1. The lowest BCUT2D eigenvalue weighted by Crippen LogP contribution is -2.16. The van der Waals surface area contributed by atoms with Crippen molar-refractivity contribution in [1.82, 2.24) is 5.43 Å². The maximum absolute atomic E-state index is 12.6. The minimum Gasteiger partial charge on any atom is -0.490 e. The molecule has 0 aliphatic rings. The molecule has 1 heterocycles. The standard InChI is InChI=1S/C26H24N2O6/c1-3-31-23-13-17(9-11-22(23)33-16-25(29)32-4-2)15-27-28-26(30)24-14-20-19-8-6-5-7-18(19)10-12-21(20)34-24/h5-15H,3-4,16H2,1-2H3,(H,28,30)/b27-15+. The predicted molar refractivity (Wildman–Crippen MR) is 129 cm³/mol. The maximum atomic E-state index is 12.6. The van der Waals surface area contributed by atoms with Gasteiger partial charge in [0, 0.05) is 5.39 Å². The molecule has 34 heavy (non-hydrogen) atoms. The molecular formula is C26H24N2O6. The fourth-order valence-corrected chi connectivity index (χ4v) is 3.46. The summed E-state index contributed by atoms with van der Waals surface area (Å²) in [5.74, 6) is 0.103. The quantitative estimate of drug-likeness (QED) is 0.221. The average Bonchev–Trinajstić information content (AvgIpc) is 3.29. The van der Waals surface area contributed by atoms with Crippen molar-refractivity contribution in [3.8, 4) is 11.5 Å². The Morgan fingerprint density at radius 2 is 1.79 bits per heavy atom. The summed E-state index contributed by atoms with van der Waals surface area (Å²) in [6, 6.07) is 18.5. The molecule has 0 fully saturated rings. The van der Waals surface area contributed by atoms with Gasteiger partial charge in [0.15, 0.2) is 23.9 Å². The summed E-state index contributed by atoms with van der Waals surface area (Å²) >= 11 is 0. The molecule has 8 nitrogen and oxygen atoms in total. The molecule has 0 aliphatic carbocycles. The highest BCUT2D eigenvalue weighted by molar-refractivity contribution is 6.08. The molecule has 0 unspecified atom stereocenters. The van der Waals surface area contributed by atoms with E-state index in [0.29, 0.717) is 29.3 Å². The molecule has 8 heteroatoms. The lowest BCUT2D eigenvalue weighted by Gasteiger charge is -2.12. The van der Waals surface area contributed by atoms with Crippen LogP contribution in [0.3, 0.4) is 0 Å². The van der Waals surface area contributed by atoms with E-state index in [2.05, 4.69) is 10.5 Å². The van der Waals surface area contributed by atoms with Crippen LogP contribution >= 0.6 is 0 Å². The number of carbonyl (C=O) groups excluding carboxylic acids is 2. The molecule has 4 rings (SSSR count). The highest BCUT2D eigenvalue weighted by atomic mass is 16.6. The highest BCUT2D eigenvalue weighted by Gasteiger charge is 2.14. The number of hydrogen-bond acceptors (Lipinski definition) is 7. The fourth-order valence-electron chi connectivity index (χ4n) is 3.46. The number of nitrogens with one attached hydrogen (secondary N) is 1. The first-order valence-electron chi connectivity index (χ1n) is 10.9. The van der Waals surface area contributed by atoms with E-state index in [0.717, 1.165) is 16.2 Å². The zero-order valence-corrected chi connectivity index (χ0v) is 18.9. The van der Waals surface area contributed by atoms with E-state index in [9.17, 15) is 9.59 Å². The number of furan rings is 1. The lowest BCUT2D eigenvalue weighted by atomic mass is 10.1. The van der Waals surface area contributed by atoms with Crippen molar-refractivity contribution >= 4 is 39.8 Å². The van der Waals surface area contributed by atoms with E-state index < -0.39 is 11.9 Å². The van der Waals surface area contributed by atoms with Crippen LogP contribution < -0.4 is 14.9 Å². The minimum absolute atomic E-state index is 0.168. The predicted octanol–water partition coefficient (Wildman–Crippen LogP) is 4.69. The second kappa shape index (κ2) is 10.5. The molecule has 174 valence electrons. The summed E-state index contributed by atoms with van der Waals surface area (Å²) in [6.45, 7) is 4.05. The van der Waals surface area contributed by atoms with Gasteiger partial charge in [0.1, 0.15) is 5.58 Å². The molecular weight excluding hydrogens is 436 g/mol. The third kappa shape index (κ3) is 5.17. The second-order valence-electron chi connectivity index (χ2n) is 7.24. The monoisotopic (exact) mass is 460 g/mol. The van der Waals surface area contributed by atoms with Gasteiger partial charge >= 0.3 is 11.9 Å². The first kappa shape index (κ1) is 22.8. The molecule has 1 aromatic heterocycles. The number of nitrogens with zero attached hydrogens (tertiary/aromatic N) is 1. The summed E-state index contributed by atoms with van der Waals surface area (Å²) in [5, 5.41) is 6.98. The van der Waals surface area contributed by atoms with Crippen molar-refractivity contribution < 1.29 is 28.2 Å². The molecule has 1 amide bonds. The van der Waals surface area contributed by atoms with Crippen LogP contribution in [-0.2, 0) is 9.53 Å². The van der Waals surface area contributed by atoms with Crippen molar-refractivity contribution in [3.63, 3.8) is 0 Å². The van der Waals surface area contributed by atoms with E-state index in [4.69, 9.17) is 18.6 Å². The number of rotatable bonds is 9. The van der Waals surface area contributed by atoms with E-state index in [1.165, 1.54) is 6.21 Å². The first-order chi connectivity index (χ1) is 16.6. The number of amides is 1. The van der Waals surface area contributed by atoms with E-state index >= 15 is 0 Å². The van der Waals surface area contributed by atoms with Crippen molar-refractivity contribution in [2.75, 3.05) is 19.8 Å². The molecule has 0 saturated carbocycles. The molecule has 0 atom stereocenters. The Hall–Kier alpha value is -4.33. The average molecular weight is 460 g/mol. The summed E-state index contributed by atoms with van der Waals surface area (Å²) in [6.07, 6.45) is 1.48. The van der Waals surface area contributed by atoms with Crippen molar-refractivity contribution in [1.29, 1.82) is 0 Å². The Morgan fingerprint density at radius 3 is 2.62 bits per heavy atom. The Balaban J connectivity index is 1.45. The third-order valence-corrected chi connectivity index (χ3v) is 4.95. The van der Waals surface area contributed by atoms with E-state index in [1.54, 1.807) is 31.2 Å². The fraction of sp³-hybridized carbons (Fsp3) is 0.192. The molecule has 4 aromatic rings. The molecule has 0 saturated heterocycles. The topological polar surface area (TPSA) is 99.4 Å². The first-order valence-corrected chi connectivity index (χ1v) is 10.9. The Labute approximate surface area is 196 Å². The molecule has 0 radical (unpaired) electrons. The van der Waals surface area contributed by atoms with Crippen LogP contribution in [0.5, 0.6) is 11.5 Å². The van der Waals surface area contributed by atoms with Crippen LogP contribution in [0.25, 0.3) is 21.7 Å². The largest absolute Gasteiger partial charge is 0.490 e. The van der Waals surface area contributed by atoms with Crippen LogP contribution in [0.15, 0.2) is 70.2 Å². The molecule has 0 aliphatic heterocycles. The second-order valence-corrected chi connectivity index (χ2v) is 7.24. The van der Waals surface area contributed by atoms with Gasteiger partial charge in [-0.25, -0.2) is 10.2 Å². The summed E-state index contributed by atoms with van der Waals surface area (Å²) in [7, 11) is 0. The van der Waals surface area contributed by atoms with E-state index in [-0.39, 0.29) is 19.0 Å². The Bertz CT molecular complexity index is 1360. The van der Waals surface area contributed by atoms with Crippen molar-refractivity contribution in [2.24, 2.45) is 5.10 Å². The van der Waals surface area contributed by atoms with Crippen LogP contribution in [0.1, 0.15) is 30.0 Å². The van der Waals surface area contributed by atoms with Crippen molar-refractivity contribution in [3.05, 3.63) is 72.0 Å². The van der Waals surface area contributed by atoms with Gasteiger partial charge in [0.05, 0.1) is 19.4 Å². The number of benzene rings is 3. The Kier molecular flexibility index (Phi) is 7.07. The normalized spacial score (nSPS) is 11.1. The van der Waals surface area contributed by atoms with Crippen LogP contribution in [-0.4, -0.2) is 37.9 Å². The number of hydrazone groups is 1. The Morgan fingerprint density at radius 1 is 0.941 bits per heavy atom. The van der Waals surface area contributed by atoms with Gasteiger partial charge in [-0.2, -0.15) is 5.10 Å². The smallest absolute Gasteiger partial charge is 0.344 e. The van der Waals surface area contributed by atoms with Gasteiger partial charge in [-0.05, 0) is 60.5 Å². The highest BCUT2D eigenvalue weighted by Crippen LogP contribution is 2.29. The van der Waals surface area contributed by atoms with Gasteiger partial charge in [0.25, 0.3) is 0 Å². The minimum atomic E-state index is -0.462. The number of fused-ring (bicyclic) bond motifs is 3. The van der Waals surface area contributed by atoms with Gasteiger partial charge in [0.2, 0.25) is 0 Å². The summed E-state index contributed by atoms with van der Waals surface area (Å²) < 4.78 is 21.7. The number of carbonyl (C=O) groups is 2. The molecule has 1 N–H and O–H groups in total. The SMILES string of the molecule is CCOC(=O)COc1ccc(/C=N/NC(=O)c2cc3c(ccc4ccccc43)o2)cc1OCC. The zero-order chi connectivity index (χ0) is 23.9. The van der Waals surface area contributed by atoms with Gasteiger partial charge in [-0.3, -0.25) is 4.79 Å². The number of hydrogen-bond donors (Lipinski definition) is 1. The van der Waals surface area contributed by atoms with Crippen LogP contribution in [0, 0.1) is 0 Å². The van der Waals surface area contributed by atoms with Crippen LogP contribution in [0.4, 0.5) is 0 Å². The van der Waals surface area contributed by atoms with Crippen molar-refractivity contribution in [2.45, 2.75) is 13.8 Å². The third-order valence-electron chi connectivity index (χ3n) is 4.95. The van der Waals surface area contributed by atoms with Gasteiger partial charge < -0.3 is 18.6 Å². The number of esters is 1. The molecule has 3 aromatic carbocycles. The van der Waals surface area contributed by atoms with E-state index in [1.807, 2.05) is 43.3 Å². The summed E-state index contributed by atoms with van der Waals surface area (Å²) in [5.41, 5.74) is 3.78. The van der Waals surface area contributed by atoms with Crippen LogP contribution in [0.2, 0.25) is 0 Å². The number of ether oxygens (including phenoxy) is 3. The lowest BCUT2D eigenvalue weighted by molar-refractivity contribution is -0.145. The maximum Gasteiger partial charge on any atom is 0.344 e. The molecule has 0 spiro atoms. The molecule has 0 bridgehead atoms.